The second kappa shape index (κ2) is 8.92. The number of aryl methyl sites for hydroxylation is 1. The van der Waals surface area contributed by atoms with Gasteiger partial charge in [0.2, 0.25) is 0 Å². The number of benzene rings is 1. The number of ether oxygens (including phenoxy) is 4. The summed E-state index contributed by atoms with van der Waals surface area (Å²) < 4.78 is 24.5. The third-order valence-corrected chi connectivity index (χ3v) is 9.47. The van der Waals surface area contributed by atoms with Gasteiger partial charge in [-0.1, -0.05) is 13.0 Å². The lowest BCUT2D eigenvalue weighted by molar-refractivity contribution is -0.212. The van der Waals surface area contributed by atoms with Gasteiger partial charge in [0.15, 0.2) is 12.6 Å². The molecule has 2 saturated carbocycles. The van der Waals surface area contributed by atoms with E-state index >= 15 is 0 Å². The van der Waals surface area contributed by atoms with E-state index in [1.165, 1.54) is 63.4 Å². The Labute approximate surface area is 193 Å². The molecule has 0 radical (unpaired) electrons. The Morgan fingerprint density at radius 2 is 1.69 bits per heavy atom. The topological polar surface area (TPSA) is 36.9 Å². The van der Waals surface area contributed by atoms with Crippen LogP contribution in [0.25, 0.3) is 0 Å². The molecule has 4 fully saturated rings. The zero-order chi connectivity index (χ0) is 21.5. The van der Waals surface area contributed by atoms with Gasteiger partial charge in [-0.2, -0.15) is 0 Å². The van der Waals surface area contributed by atoms with E-state index in [2.05, 4.69) is 25.1 Å². The fourth-order valence-corrected chi connectivity index (χ4v) is 7.77. The summed E-state index contributed by atoms with van der Waals surface area (Å²) >= 11 is 0. The van der Waals surface area contributed by atoms with Gasteiger partial charge >= 0.3 is 0 Å². The molecule has 5 unspecified atom stereocenters. The highest BCUT2D eigenvalue weighted by molar-refractivity contribution is 5.40. The lowest BCUT2D eigenvalue weighted by atomic mass is 9.55. The predicted octanol–water partition coefficient (Wildman–Crippen LogP) is 6.36. The first-order valence-electron chi connectivity index (χ1n) is 13.4. The normalized spacial score (nSPS) is 41.4. The van der Waals surface area contributed by atoms with Gasteiger partial charge in [-0.3, -0.25) is 0 Å². The van der Waals surface area contributed by atoms with Crippen LogP contribution in [0.15, 0.2) is 18.2 Å². The number of hydrogen-bond donors (Lipinski definition) is 0. The van der Waals surface area contributed by atoms with Gasteiger partial charge in [0, 0.05) is 13.0 Å². The highest BCUT2D eigenvalue weighted by Gasteiger charge is 2.55. The average molecular weight is 441 g/mol. The SMILES string of the molecule is C[C@]12CCC3c4ccc(OC5CCCCO5)cc4CCC3C1CC[C@@H]2OC1CCCCO1. The van der Waals surface area contributed by atoms with Gasteiger partial charge in [0.25, 0.3) is 0 Å². The molecule has 2 saturated heterocycles. The maximum atomic E-state index is 6.61. The molecule has 176 valence electrons. The molecule has 1 aromatic rings. The molecule has 0 spiro atoms. The van der Waals surface area contributed by atoms with Crippen LogP contribution in [0, 0.1) is 17.3 Å². The number of hydrogen-bond acceptors (Lipinski definition) is 4. The third kappa shape index (κ3) is 3.91. The Morgan fingerprint density at radius 3 is 2.47 bits per heavy atom. The van der Waals surface area contributed by atoms with E-state index in [1.54, 1.807) is 5.56 Å². The molecule has 32 heavy (non-hydrogen) atoms. The smallest absolute Gasteiger partial charge is 0.199 e. The Morgan fingerprint density at radius 1 is 0.875 bits per heavy atom. The molecule has 4 heteroatoms. The van der Waals surface area contributed by atoms with Gasteiger partial charge < -0.3 is 18.9 Å². The number of fused-ring (bicyclic) bond motifs is 5. The summed E-state index contributed by atoms with van der Waals surface area (Å²) in [5.41, 5.74) is 3.44. The van der Waals surface area contributed by atoms with Crippen molar-refractivity contribution in [2.45, 2.75) is 109 Å². The van der Waals surface area contributed by atoms with Crippen molar-refractivity contribution < 1.29 is 18.9 Å². The van der Waals surface area contributed by atoms with Crippen molar-refractivity contribution in [3.63, 3.8) is 0 Å². The average Bonchev–Trinajstić information content (AvgIpc) is 3.16. The Balaban J connectivity index is 1.15. The Bertz CT molecular complexity index is 797. The van der Waals surface area contributed by atoms with Crippen LogP contribution in [-0.4, -0.2) is 31.9 Å². The lowest BCUT2D eigenvalue weighted by Crippen LogP contribution is -2.46. The van der Waals surface area contributed by atoms with Gasteiger partial charge in [-0.15, -0.1) is 0 Å². The quantitative estimate of drug-likeness (QED) is 0.546. The molecule has 4 nitrogen and oxygen atoms in total. The summed E-state index contributed by atoms with van der Waals surface area (Å²) in [7, 11) is 0. The second-order valence-electron chi connectivity index (χ2n) is 11.2. The summed E-state index contributed by atoms with van der Waals surface area (Å²) in [4.78, 5) is 0. The van der Waals surface area contributed by atoms with Crippen LogP contribution in [0.2, 0.25) is 0 Å². The maximum Gasteiger partial charge on any atom is 0.199 e. The summed E-state index contributed by atoms with van der Waals surface area (Å²) in [5.74, 6) is 3.29. The second-order valence-corrected chi connectivity index (χ2v) is 11.2. The zero-order valence-electron chi connectivity index (χ0n) is 19.7. The summed E-state index contributed by atoms with van der Waals surface area (Å²) in [6.45, 7) is 4.24. The van der Waals surface area contributed by atoms with E-state index in [9.17, 15) is 0 Å². The Kier molecular flexibility index (Phi) is 5.98. The first-order valence-corrected chi connectivity index (χ1v) is 13.4. The first-order chi connectivity index (χ1) is 15.7. The minimum Gasteiger partial charge on any atom is -0.465 e. The molecule has 2 aliphatic heterocycles. The van der Waals surface area contributed by atoms with Crippen LogP contribution < -0.4 is 4.74 Å². The third-order valence-electron chi connectivity index (χ3n) is 9.47. The van der Waals surface area contributed by atoms with Gasteiger partial charge in [0.05, 0.1) is 12.7 Å². The van der Waals surface area contributed by atoms with E-state index in [0.717, 1.165) is 50.1 Å². The largest absolute Gasteiger partial charge is 0.465 e. The van der Waals surface area contributed by atoms with Crippen LogP contribution in [0.4, 0.5) is 0 Å². The van der Waals surface area contributed by atoms with Crippen molar-refractivity contribution in [2.24, 2.45) is 17.3 Å². The molecule has 7 atom stereocenters. The van der Waals surface area contributed by atoms with Crippen LogP contribution in [0.1, 0.15) is 94.6 Å². The highest BCUT2D eigenvalue weighted by atomic mass is 16.7. The molecule has 1 aromatic carbocycles. The van der Waals surface area contributed by atoms with Crippen LogP contribution in [0.3, 0.4) is 0 Å². The van der Waals surface area contributed by atoms with Gasteiger partial charge in [-0.25, -0.2) is 0 Å². The summed E-state index contributed by atoms with van der Waals surface area (Å²) in [5, 5.41) is 0. The fourth-order valence-electron chi connectivity index (χ4n) is 7.77. The monoisotopic (exact) mass is 440 g/mol. The highest BCUT2D eigenvalue weighted by Crippen LogP contribution is 2.61. The predicted molar refractivity (Wildman–Crippen MR) is 124 cm³/mol. The van der Waals surface area contributed by atoms with Crippen molar-refractivity contribution in [1.82, 2.24) is 0 Å². The molecule has 0 aromatic heterocycles. The van der Waals surface area contributed by atoms with E-state index in [4.69, 9.17) is 18.9 Å². The van der Waals surface area contributed by atoms with Crippen molar-refractivity contribution >= 4 is 0 Å². The molecule has 0 amide bonds. The van der Waals surface area contributed by atoms with E-state index in [-0.39, 0.29) is 12.6 Å². The molecule has 6 rings (SSSR count). The van der Waals surface area contributed by atoms with Gasteiger partial charge in [-0.05, 0) is 117 Å². The molecule has 0 N–H and O–H groups in total. The minimum atomic E-state index is -0.0582. The standard InChI is InChI=1S/C28H40O4/c1-28-15-14-22-21-11-9-20(31-26-6-2-4-16-29-26)18-19(21)8-10-23(22)24(28)12-13-25(28)32-27-7-3-5-17-30-27/h9,11,18,22-27H,2-8,10,12-17H2,1H3/t22?,23?,24?,25-,26?,27?,28-/m0/s1. The van der Waals surface area contributed by atoms with Crippen molar-refractivity contribution in [2.75, 3.05) is 13.2 Å². The summed E-state index contributed by atoms with van der Waals surface area (Å²) in [6.07, 6.45) is 14.9. The van der Waals surface area contributed by atoms with Crippen LogP contribution in [-0.2, 0) is 20.6 Å². The summed E-state index contributed by atoms with van der Waals surface area (Å²) in [6, 6.07) is 6.90. The van der Waals surface area contributed by atoms with Crippen molar-refractivity contribution in [3.8, 4) is 5.75 Å². The zero-order valence-corrected chi connectivity index (χ0v) is 19.7. The molecule has 5 aliphatic rings. The molecular weight excluding hydrogens is 400 g/mol. The van der Waals surface area contributed by atoms with Crippen LogP contribution >= 0.6 is 0 Å². The van der Waals surface area contributed by atoms with Crippen molar-refractivity contribution in [3.05, 3.63) is 29.3 Å². The molecule has 2 heterocycles. The first kappa shape index (κ1) is 21.4. The Hall–Kier alpha value is -1.10. The molecule has 3 aliphatic carbocycles. The van der Waals surface area contributed by atoms with Crippen LogP contribution in [0.5, 0.6) is 5.75 Å². The molecule has 0 bridgehead atoms. The number of rotatable bonds is 4. The lowest BCUT2D eigenvalue weighted by Gasteiger charge is -2.51. The van der Waals surface area contributed by atoms with Crippen molar-refractivity contribution in [1.29, 1.82) is 0 Å². The minimum absolute atomic E-state index is 0.0423. The van der Waals surface area contributed by atoms with Gasteiger partial charge in [0.1, 0.15) is 5.75 Å². The van der Waals surface area contributed by atoms with E-state index in [1.807, 2.05) is 0 Å². The van der Waals surface area contributed by atoms with E-state index in [0.29, 0.717) is 17.4 Å². The molecular formula is C28H40O4. The van der Waals surface area contributed by atoms with E-state index < -0.39 is 0 Å². The fraction of sp³-hybridized carbons (Fsp3) is 0.786. The maximum absolute atomic E-state index is 6.61.